The Labute approximate surface area is 95.7 Å². The molecule has 2 saturated carbocycles. The van der Waals surface area contributed by atoms with Crippen molar-refractivity contribution in [2.45, 2.75) is 57.0 Å². The number of hydrogen-bond donors (Lipinski definition) is 1. The molecule has 84 valence electrons. The van der Waals surface area contributed by atoms with E-state index in [0.29, 0.717) is 5.92 Å². The molecule has 0 saturated heterocycles. The largest absolute Gasteiger partial charge is 0.307 e. The molecule has 16 heavy (non-hydrogen) atoms. The van der Waals surface area contributed by atoms with Crippen LogP contribution in [0.1, 0.15) is 66.7 Å². The minimum atomic E-state index is 0.670. The molecule has 0 atom stereocenters. The lowest BCUT2D eigenvalue weighted by Gasteiger charge is -2.24. The third kappa shape index (κ3) is 1.31. The Morgan fingerprint density at radius 3 is 2.50 bits per heavy atom. The molecular weight excluding hydrogens is 198 g/mol. The maximum absolute atomic E-state index is 4.88. The van der Waals surface area contributed by atoms with E-state index in [-0.39, 0.29) is 0 Å². The van der Waals surface area contributed by atoms with Gasteiger partial charge in [-0.15, -0.1) is 0 Å². The zero-order valence-electron chi connectivity index (χ0n) is 9.50. The van der Waals surface area contributed by atoms with Gasteiger partial charge in [0.1, 0.15) is 5.82 Å². The summed E-state index contributed by atoms with van der Waals surface area (Å²) in [7, 11) is 0. The van der Waals surface area contributed by atoms with Crippen molar-refractivity contribution in [2.24, 2.45) is 0 Å². The Balaban J connectivity index is 1.80. The smallest absolute Gasteiger partial charge is 0.132 e. The highest BCUT2D eigenvalue weighted by molar-refractivity contribution is 5.34. The Kier molecular flexibility index (Phi) is 1.86. The topological polar surface area (TPSA) is 37.8 Å². The van der Waals surface area contributed by atoms with Gasteiger partial charge < -0.3 is 5.32 Å². The second-order valence-electron chi connectivity index (χ2n) is 5.40. The number of nitrogens with one attached hydrogen (secondary N) is 1. The molecule has 3 aliphatic rings. The van der Waals surface area contributed by atoms with Gasteiger partial charge >= 0.3 is 0 Å². The Morgan fingerprint density at radius 2 is 1.81 bits per heavy atom. The molecule has 1 N–H and O–H groups in total. The molecule has 2 fully saturated rings. The van der Waals surface area contributed by atoms with Gasteiger partial charge in [-0.1, -0.05) is 6.42 Å². The van der Waals surface area contributed by atoms with Gasteiger partial charge in [0, 0.05) is 30.5 Å². The molecule has 0 amide bonds. The first-order valence-electron chi connectivity index (χ1n) is 6.52. The molecule has 3 heteroatoms. The molecule has 0 spiro atoms. The lowest BCUT2D eigenvalue weighted by molar-refractivity contribution is 0.399. The molecule has 1 aromatic heterocycles. The van der Waals surface area contributed by atoms with Gasteiger partial charge in [-0.2, -0.15) is 0 Å². The fourth-order valence-electron chi connectivity index (χ4n) is 2.76. The predicted octanol–water partition coefficient (Wildman–Crippen LogP) is 2.22. The first-order chi connectivity index (χ1) is 7.92. The van der Waals surface area contributed by atoms with Gasteiger partial charge in [0.25, 0.3) is 0 Å². The summed E-state index contributed by atoms with van der Waals surface area (Å²) in [5.41, 5.74) is 4.10. The molecule has 0 bridgehead atoms. The van der Waals surface area contributed by atoms with Crippen LogP contribution in [0.25, 0.3) is 0 Å². The number of nitrogens with zero attached hydrogens (tertiary/aromatic N) is 2. The monoisotopic (exact) mass is 215 g/mol. The van der Waals surface area contributed by atoms with Gasteiger partial charge in [0.2, 0.25) is 0 Å². The standard InChI is InChI=1S/C13H17N3/c1-2-9(3-1)13-15-11-7-14-6-10(11)12(16-13)8-4-5-8/h8-9,14H,1-7H2. The first-order valence-corrected chi connectivity index (χ1v) is 6.52. The van der Waals surface area contributed by atoms with Crippen molar-refractivity contribution < 1.29 is 0 Å². The molecule has 3 nitrogen and oxygen atoms in total. The maximum atomic E-state index is 4.88. The van der Waals surface area contributed by atoms with Crippen LogP contribution < -0.4 is 5.32 Å². The number of rotatable bonds is 2. The first kappa shape index (κ1) is 9.11. The van der Waals surface area contributed by atoms with Crippen molar-refractivity contribution in [1.82, 2.24) is 15.3 Å². The van der Waals surface area contributed by atoms with E-state index in [4.69, 9.17) is 9.97 Å². The van der Waals surface area contributed by atoms with E-state index in [1.165, 1.54) is 49.1 Å². The van der Waals surface area contributed by atoms with E-state index in [1.54, 1.807) is 0 Å². The van der Waals surface area contributed by atoms with Crippen LogP contribution in [0.2, 0.25) is 0 Å². The van der Waals surface area contributed by atoms with Crippen LogP contribution in [0.5, 0.6) is 0 Å². The molecule has 0 radical (unpaired) electrons. The Hall–Kier alpha value is -0.960. The summed E-state index contributed by atoms with van der Waals surface area (Å²) in [4.78, 5) is 9.65. The van der Waals surface area contributed by atoms with E-state index in [0.717, 1.165) is 24.8 Å². The lowest BCUT2D eigenvalue weighted by atomic mass is 9.84. The van der Waals surface area contributed by atoms with Gasteiger partial charge in [0.05, 0.1) is 11.4 Å². The van der Waals surface area contributed by atoms with Crippen molar-refractivity contribution in [2.75, 3.05) is 0 Å². The molecule has 1 aliphatic heterocycles. The number of fused-ring (bicyclic) bond motifs is 1. The van der Waals surface area contributed by atoms with Crippen molar-refractivity contribution in [3.8, 4) is 0 Å². The highest BCUT2D eigenvalue weighted by atomic mass is 15.0. The van der Waals surface area contributed by atoms with Crippen LogP contribution in [0, 0.1) is 0 Å². The van der Waals surface area contributed by atoms with Crippen LogP contribution in [0.4, 0.5) is 0 Å². The summed E-state index contributed by atoms with van der Waals surface area (Å²) >= 11 is 0. The highest BCUT2D eigenvalue weighted by Gasteiger charge is 2.33. The maximum Gasteiger partial charge on any atom is 0.132 e. The van der Waals surface area contributed by atoms with E-state index in [2.05, 4.69) is 5.32 Å². The summed E-state index contributed by atoms with van der Waals surface area (Å²) in [6.45, 7) is 1.95. The van der Waals surface area contributed by atoms with Gasteiger partial charge in [-0.3, -0.25) is 0 Å². The van der Waals surface area contributed by atoms with Gasteiger partial charge in [-0.25, -0.2) is 9.97 Å². The zero-order valence-corrected chi connectivity index (χ0v) is 9.50. The second kappa shape index (κ2) is 3.27. The average Bonchev–Trinajstić information content (AvgIpc) is 2.93. The molecule has 2 aliphatic carbocycles. The summed E-state index contributed by atoms with van der Waals surface area (Å²) < 4.78 is 0. The lowest BCUT2D eigenvalue weighted by Crippen LogP contribution is -2.15. The molecule has 4 rings (SSSR count). The summed E-state index contributed by atoms with van der Waals surface area (Å²) in [5.74, 6) is 2.58. The van der Waals surface area contributed by atoms with Crippen LogP contribution in [-0.2, 0) is 13.1 Å². The zero-order chi connectivity index (χ0) is 10.5. The summed E-state index contributed by atoms with van der Waals surface area (Å²) in [6.07, 6.45) is 6.65. The third-order valence-electron chi connectivity index (χ3n) is 4.17. The van der Waals surface area contributed by atoms with Crippen LogP contribution in [0.15, 0.2) is 0 Å². The van der Waals surface area contributed by atoms with E-state index in [9.17, 15) is 0 Å². The summed E-state index contributed by atoms with van der Waals surface area (Å²) in [5, 5.41) is 3.41. The minimum absolute atomic E-state index is 0.670. The molecule has 0 unspecified atom stereocenters. The van der Waals surface area contributed by atoms with Crippen molar-refractivity contribution in [3.63, 3.8) is 0 Å². The SMILES string of the molecule is C1CC(c2nc3c(c(C4CC4)n2)CNC3)C1. The molecular formula is C13H17N3. The van der Waals surface area contributed by atoms with Crippen LogP contribution in [-0.4, -0.2) is 9.97 Å². The van der Waals surface area contributed by atoms with Crippen LogP contribution >= 0.6 is 0 Å². The predicted molar refractivity (Wildman–Crippen MR) is 61.1 cm³/mol. The Bertz CT molecular complexity index is 433. The second-order valence-corrected chi connectivity index (χ2v) is 5.40. The number of hydrogen-bond acceptors (Lipinski definition) is 3. The molecule has 1 aromatic rings. The quantitative estimate of drug-likeness (QED) is 0.822. The molecule has 2 heterocycles. The average molecular weight is 215 g/mol. The normalized spacial score (nSPS) is 24.2. The van der Waals surface area contributed by atoms with E-state index in [1.807, 2.05) is 0 Å². The van der Waals surface area contributed by atoms with Crippen molar-refractivity contribution >= 4 is 0 Å². The minimum Gasteiger partial charge on any atom is -0.307 e. The Morgan fingerprint density at radius 1 is 0.938 bits per heavy atom. The highest BCUT2D eigenvalue weighted by Crippen LogP contribution is 2.43. The van der Waals surface area contributed by atoms with Crippen LogP contribution in [0.3, 0.4) is 0 Å². The fourth-order valence-corrected chi connectivity index (χ4v) is 2.76. The van der Waals surface area contributed by atoms with E-state index < -0.39 is 0 Å². The number of aromatic nitrogens is 2. The third-order valence-corrected chi connectivity index (χ3v) is 4.17. The summed E-state index contributed by atoms with van der Waals surface area (Å²) in [6, 6.07) is 0. The van der Waals surface area contributed by atoms with Gasteiger partial charge in [0.15, 0.2) is 0 Å². The fraction of sp³-hybridized carbons (Fsp3) is 0.692. The van der Waals surface area contributed by atoms with E-state index >= 15 is 0 Å². The van der Waals surface area contributed by atoms with Gasteiger partial charge in [-0.05, 0) is 25.7 Å². The van der Waals surface area contributed by atoms with Crippen molar-refractivity contribution in [1.29, 1.82) is 0 Å². The molecule has 0 aromatic carbocycles. The van der Waals surface area contributed by atoms with Crippen molar-refractivity contribution in [3.05, 3.63) is 22.8 Å².